The number of amides is 1. The molecule has 112 valence electrons. The molecule has 1 fully saturated rings. The lowest BCUT2D eigenvalue weighted by molar-refractivity contribution is -0.130. The van der Waals surface area contributed by atoms with Gasteiger partial charge in [0.15, 0.2) is 0 Å². The standard InChI is InChI=1S/C14H28N2O2S/c1-6-7-12-15-13(10(2)3)14(17)16(12)9-8-11(4)19(5)18/h10-13,15H,6-9H2,1-5H3. The van der Waals surface area contributed by atoms with E-state index in [1.165, 1.54) is 0 Å². The Morgan fingerprint density at radius 3 is 2.47 bits per heavy atom. The molecule has 0 aromatic heterocycles. The lowest BCUT2D eigenvalue weighted by Crippen LogP contribution is -2.39. The molecule has 0 aromatic rings. The number of carbonyl (C=O) groups is 1. The molecule has 19 heavy (non-hydrogen) atoms. The van der Waals surface area contributed by atoms with E-state index in [2.05, 4.69) is 26.1 Å². The van der Waals surface area contributed by atoms with Gasteiger partial charge in [0.2, 0.25) is 5.91 Å². The summed E-state index contributed by atoms with van der Waals surface area (Å²) in [6.45, 7) is 8.98. The van der Waals surface area contributed by atoms with E-state index in [9.17, 15) is 9.00 Å². The molecule has 4 atom stereocenters. The number of nitrogens with one attached hydrogen (secondary N) is 1. The third-order valence-corrected chi connectivity index (χ3v) is 5.24. The second kappa shape index (κ2) is 7.39. The Bertz CT molecular complexity index is 333. The van der Waals surface area contributed by atoms with E-state index in [1.54, 1.807) is 6.26 Å². The fourth-order valence-electron chi connectivity index (χ4n) is 2.44. The van der Waals surface area contributed by atoms with Crippen molar-refractivity contribution in [3.63, 3.8) is 0 Å². The molecule has 1 amide bonds. The third kappa shape index (κ3) is 4.28. The summed E-state index contributed by atoms with van der Waals surface area (Å²) in [5, 5.41) is 3.59. The van der Waals surface area contributed by atoms with Crippen molar-refractivity contribution in [2.75, 3.05) is 12.8 Å². The van der Waals surface area contributed by atoms with Crippen molar-refractivity contribution in [3.05, 3.63) is 0 Å². The second-order valence-electron chi connectivity index (χ2n) is 5.82. The van der Waals surface area contributed by atoms with Gasteiger partial charge < -0.3 is 4.90 Å². The van der Waals surface area contributed by atoms with Crippen LogP contribution in [0.1, 0.15) is 47.0 Å². The lowest BCUT2D eigenvalue weighted by Gasteiger charge is -2.24. The molecule has 1 rings (SSSR count). The van der Waals surface area contributed by atoms with E-state index in [-0.39, 0.29) is 23.4 Å². The summed E-state index contributed by atoms with van der Waals surface area (Å²) >= 11 is 0. The topological polar surface area (TPSA) is 49.4 Å². The normalized spacial score (nSPS) is 27.1. The molecule has 1 aliphatic rings. The van der Waals surface area contributed by atoms with Crippen LogP contribution in [0.5, 0.6) is 0 Å². The van der Waals surface area contributed by atoms with Gasteiger partial charge in [-0.3, -0.25) is 14.3 Å². The fraction of sp³-hybridized carbons (Fsp3) is 0.929. The van der Waals surface area contributed by atoms with Crippen LogP contribution in [0.4, 0.5) is 0 Å². The van der Waals surface area contributed by atoms with Crippen LogP contribution in [-0.4, -0.2) is 45.3 Å². The highest BCUT2D eigenvalue weighted by Crippen LogP contribution is 2.20. The summed E-state index contributed by atoms with van der Waals surface area (Å²) in [5.74, 6) is 0.525. The molecule has 0 bridgehead atoms. The first-order valence-electron chi connectivity index (χ1n) is 7.27. The summed E-state index contributed by atoms with van der Waals surface area (Å²) < 4.78 is 11.4. The highest BCUT2D eigenvalue weighted by atomic mass is 32.2. The number of hydrogen-bond donors (Lipinski definition) is 1. The molecule has 0 saturated carbocycles. The van der Waals surface area contributed by atoms with E-state index < -0.39 is 10.8 Å². The Balaban J connectivity index is 2.66. The zero-order valence-corrected chi connectivity index (χ0v) is 13.6. The lowest BCUT2D eigenvalue weighted by atomic mass is 10.1. The van der Waals surface area contributed by atoms with Gasteiger partial charge in [-0.25, -0.2) is 0 Å². The zero-order valence-electron chi connectivity index (χ0n) is 12.8. The highest BCUT2D eigenvalue weighted by molar-refractivity contribution is 7.84. The van der Waals surface area contributed by atoms with Gasteiger partial charge in [-0.2, -0.15) is 0 Å². The van der Waals surface area contributed by atoms with Crippen molar-refractivity contribution in [1.29, 1.82) is 0 Å². The van der Waals surface area contributed by atoms with Crippen LogP contribution in [-0.2, 0) is 15.6 Å². The zero-order chi connectivity index (χ0) is 14.6. The molecular formula is C14H28N2O2S. The molecule has 0 aromatic carbocycles. The minimum absolute atomic E-state index is 0.0565. The van der Waals surface area contributed by atoms with Crippen LogP contribution >= 0.6 is 0 Å². The van der Waals surface area contributed by atoms with Crippen LogP contribution in [0.15, 0.2) is 0 Å². The van der Waals surface area contributed by atoms with E-state index in [4.69, 9.17) is 0 Å². The fourth-order valence-corrected chi connectivity index (χ4v) is 2.88. The van der Waals surface area contributed by atoms with Gasteiger partial charge in [0.25, 0.3) is 0 Å². The average molecular weight is 288 g/mol. The molecular weight excluding hydrogens is 260 g/mol. The van der Waals surface area contributed by atoms with Gasteiger partial charge in [0.1, 0.15) is 0 Å². The molecule has 0 spiro atoms. The minimum atomic E-state index is -0.812. The molecule has 1 N–H and O–H groups in total. The first-order valence-corrected chi connectivity index (χ1v) is 8.89. The van der Waals surface area contributed by atoms with E-state index in [0.717, 1.165) is 19.3 Å². The summed E-state index contributed by atoms with van der Waals surface area (Å²) in [6, 6.07) is -0.0565. The third-order valence-electron chi connectivity index (χ3n) is 3.87. The maximum Gasteiger partial charge on any atom is 0.241 e. The predicted octanol–water partition coefficient (Wildman–Crippen LogP) is 1.73. The number of rotatable bonds is 7. The second-order valence-corrected chi connectivity index (χ2v) is 7.62. The van der Waals surface area contributed by atoms with Gasteiger partial charge in [0.05, 0.1) is 12.2 Å². The van der Waals surface area contributed by atoms with Gasteiger partial charge in [-0.05, 0) is 18.8 Å². The monoisotopic (exact) mass is 288 g/mol. The maximum atomic E-state index is 12.4. The first kappa shape index (κ1) is 16.6. The van der Waals surface area contributed by atoms with Crippen molar-refractivity contribution >= 4 is 16.7 Å². The average Bonchev–Trinajstić information content (AvgIpc) is 2.64. The number of carbonyl (C=O) groups excluding carboxylic acids is 1. The van der Waals surface area contributed by atoms with Crippen molar-refractivity contribution in [1.82, 2.24) is 10.2 Å². The summed E-state index contributed by atoms with van der Waals surface area (Å²) in [6.07, 6.45) is 4.74. The Hall–Kier alpha value is -0.420. The van der Waals surface area contributed by atoms with E-state index >= 15 is 0 Å². The molecule has 1 saturated heterocycles. The van der Waals surface area contributed by atoms with Crippen molar-refractivity contribution < 1.29 is 9.00 Å². The van der Waals surface area contributed by atoms with Gasteiger partial charge in [0, 0.05) is 28.9 Å². The maximum absolute atomic E-state index is 12.4. The largest absolute Gasteiger partial charge is 0.326 e. The molecule has 5 heteroatoms. The Labute approximate surface area is 119 Å². The van der Waals surface area contributed by atoms with Crippen LogP contribution < -0.4 is 5.32 Å². The van der Waals surface area contributed by atoms with Gasteiger partial charge >= 0.3 is 0 Å². The molecule has 1 heterocycles. The first-order chi connectivity index (χ1) is 8.88. The SMILES string of the molecule is CCCC1NC(C(C)C)C(=O)N1CCC(C)S(C)=O. The molecule has 4 unspecified atom stereocenters. The minimum Gasteiger partial charge on any atom is -0.326 e. The van der Waals surface area contributed by atoms with Crippen LogP contribution in [0.2, 0.25) is 0 Å². The molecule has 1 aliphatic heterocycles. The predicted molar refractivity (Wildman–Crippen MR) is 80.3 cm³/mol. The Morgan fingerprint density at radius 2 is 2.00 bits per heavy atom. The Kier molecular flexibility index (Phi) is 6.47. The van der Waals surface area contributed by atoms with Crippen LogP contribution in [0.3, 0.4) is 0 Å². The quantitative estimate of drug-likeness (QED) is 0.776. The van der Waals surface area contributed by atoms with Crippen molar-refractivity contribution in [2.45, 2.75) is 64.4 Å². The van der Waals surface area contributed by atoms with E-state index in [0.29, 0.717) is 12.5 Å². The Morgan fingerprint density at radius 1 is 1.37 bits per heavy atom. The van der Waals surface area contributed by atoms with E-state index in [1.807, 2.05) is 11.8 Å². The van der Waals surface area contributed by atoms with Crippen LogP contribution in [0, 0.1) is 5.92 Å². The summed E-state index contributed by atoms with van der Waals surface area (Å²) in [7, 11) is -0.812. The number of hydrogen-bond acceptors (Lipinski definition) is 3. The highest BCUT2D eigenvalue weighted by Gasteiger charge is 2.39. The van der Waals surface area contributed by atoms with Crippen molar-refractivity contribution in [3.8, 4) is 0 Å². The smallest absolute Gasteiger partial charge is 0.241 e. The van der Waals surface area contributed by atoms with Gasteiger partial charge in [-0.15, -0.1) is 0 Å². The van der Waals surface area contributed by atoms with Crippen LogP contribution in [0.25, 0.3) is 0 Å². The molecule has 0 aliphatic carbocycles. The molecule has 4 nitrogen and oxygen atoms in total. The number of nitrogens with zero attached hydrogens (tertiary/aromatic N) is 1. The van der Waals surface area contributed by atoms with Gasteiger partial charge in [-0.1, -0.05) is 34.1 Å². The van der Waals surface area contributed by atoms with Crippen molar-refractivity contribution in [2.24, 2.45) is 5.92 Å². The molecule has 0 radical (unpaired) electrons. The summed E-state index contributed by atoms with van der Waals surface area (Å²) in [5.41, 5.74) is 0. The summed E-state index contributed by atoms with van der Waals surface area (Å²) in [4.78, 5) is 14.4.